The van der Waals surface area contributed by atoms with Crippen LogP contribution in [0.25, 0.3) is 0 Å². The summed E-state index contributed by atoms with van der Waals surface area (Å²) in [6, 6.07) is 4.64. The first kappa shape index (κ1) is 15.6. The van der Waals surface area contributed by atoms with Gasteiger partial charge in [-0.3, -0.25) is 0 Å². The fourth-order valence-electron chi connectivity index (χ4n) is 1.88. The third-order valence-electron chi connectivity index (χ3n) is 2.81. The van der Waals surface area contributed by atoms with E-state index in [9.17, 15) is 4.39 Å². The molecule has 1 heterocycles. The first-order valence-electron chi connectivity index (χ1n) is 6.21. The largest absolute Gasteiger partial charge is 0.383 e. The van der Waals surface area contributed by atoms with Gasteiger partial charge in [0.25, 0.3) is 0 Å². The highest BCUT2D eigenvalue weighted by atomic mass is 79.9. The molecule has 0 bridgehead atoms. The number of aryl methyl sites for hydroxylation is 1. The van der Waals surface area contributed by atoms with Crippen LogP contribution in [0.2, 0.25) is 0 Å². The van der Waals surface area contributed by atoms with Gasteiger partial charge < -0.3 is 10.1 Å². The van der Waals surface area contributed by atoms with Crippen LogP contribution in [0.5, 0.6) is 0 Å². The predicted octanol–water partition coefficient (Wildman–Crippen LogP) is 3.68. The van der Waals surface area contributed by atoms with Crippen molar-refractivity contribution in [3.05, 3.63) is 50.1 Å². The van der Waals surface area contributed by atoms with E-state index in [0.717, 1.165) is 20.7 Å². The van der Waals surface area contributed by atoms with Crippen molar-refractivity contribution < 1.29 is 9.13 Å². The standard InChI is InChI=1S/C14H16BrFN2OS/c1-9-8-20-14(18-9)13(17-5-6-19-2)11-4-3-10(16)7-12(11)15/h3-4,7-8,13,17H,5-6H2,1-2H3. The van der Waals surface area contributed by atoms with Gasteiger partial charge in [0.05, 0.1) is 12.6 Å². The van der Waals surface area contributed by atoms with Crippen LogP contribution in [-0.2, 0) is 4.74 Å². The lowest BCUT2D eigenvalue weighted by Gasteiger charge is -2.18. The molecule has 0 spiro atoms. The van der Waals surface area contributed by atoms with Gasteiger partial charge in [0, 0.05) is 29.2 Å². The number of rotatable bonds is 6. The van der Waals surface area contributed by atoms with Gasteiger partial charge in [-0.25, -0.2) is 9.37 Å². The lowest BCUT2D eigenvalue weighted by molar-refractivity contribution is 0.197. The van der Waals surface area contributed by atoms with Crippen LogP contribution in [0.15, 0.2) is 28.1 Å². The molecule has 1 aromatic carbocycles. The van der Waals surface area contributed by atoms with E-state index < -0.39 is 0 Å². The minimum absolute atomic E-state index is 0.0705. The van der Waals surface area contributed by atoms with E-state index in [-0.39, 0.29) is 11.9 Å². The number of benzene rings is 1. The summed E-state index contributed by atoms with van der Waals surface area (Å²) in [4.78, 5) is 4.53. The lowest BCUT2D eigenvalue weighted by atomic mass is 10.1. The van der Waals surface area contributed by atoms with Crippen molar-refractivity contribution >= 4 is 27.3 Å². The highest BCUT2D eigenvalue weighted by Crippen LogP contribution is 2.30. The summed E-state index contributed by atoms with van der Waals surface area (Å²) < 4.78 is 19.0. The summed E-state index contributed by atoms with van der Waals surface area (Å²) in [7, 11) is 1.66. The molecule has 0 amide bonds. The summed E-state index contributed by atoms with van der Waals surface area (Å²) in [5.74, 6) is -0.258. The van der Waals surface area contributed by atoms with E-state index in [4.69, 9.17) is 4.74 Å². The van der Waals surface area contributed by atoms with Gasteiger partial charge in [0.1, 0.15) is 10.8 Å². The van der Waals surface area contributed by atoms with E-state index in [1.54, 1.807) is 24.5 Å². The van der Waals surface area contributed by atoms with Gasteiger partial charge in [-0.2, -0.15) is 0 Å². The van der Waals surface area contributed by atoms with Gasteiger partial charge in [-0.1, -0.05) is 22.0 Å². The van der Waals surface area contributed by atoms with E-state index in [2.05, 4.69) is 26.2 Å². The van der Waals surface area contributed by atoms with Crippen LogP contribution in [0.1, 0.15) is 22.3 Å². The molecular weight excluding hydrogens is 343 g/mol. The zero-order chi connectivity index (χ0) is 14.5. The number of halogens is 2. The zero-order valence-electron chi connectivity index (χ0n) is 11.3. The Balaban J connectivity index is 2.30. The molecule has 0 saturated heterocycles. The lowest BCUT2D eigenvalue weighted by Crippen LogP contribution is -2.26. The molecule has 0 radical (unpaired) electrons. The topological polar surface area (TPSA) is 34.1 Å². The number of ether oxygens (including phenoxy) is 1. The van der Waals surface area contributed by atoms with Crippen LogP contribution in [0, 0.1) is 12.7 Å². The maximum atomic E-state index is 13.2. The number of nitrogens with one attached hydrogen (secondary N) is 1. The molecule has 1 atom stereocenters. The summed E-state index contributed by atoms with van der Waals surface area (Å²) in [5.41, 5.74) is 1.96. The molecule has 2 aromatic rings. The molecule has 1 N–H and O–H groups in total. The second-order valence-electron chi connectivity index (χ2n) is 4.37. The number of methoxy groups -OCH3 is 1. The van der Waals surface area contributed by atoms with E-state index in [1.165, 1.54) is 12.1 Å². The average Bonchev–Trinajstić information content (AvgIpc) is 2.82. The van der Waals surface area contributed by atoms with Crippen LogP contribution >= 0.6 is 27.3 Å². The molecule has 0 saturated carbocycles. The number of nitrogens with zero attached hydrogens (tertiary/aromatic N) is 1. The molecule has 0 aliphatic heterocycles. The Hall–Kier alpha value is -0.820. The summed E-state index contributed by atoms with van der Waals surface area (Å²) in [6.45, 7) is 3.27. The van der Waals surface area contributed by atoms with Crippen molar-refractivity contribution in [2.24, 2.45) is 0 Å². The van der Waals surface area contributed by atoms with Crippen molar-refractivity contribution in [3.63, 3.8) is 0 Å². The SMILES string of the molecule is COCCNC(c1nc(C)cs1)c1ccc(F)cc1Br. The minimum Gasteiger partial charge on any atom is -0.383 e. The van der Waals surface area contributed by atoms with Crippen molar-refractivity contribution in [1.82, 2.24) is 10.3 Å². The Labute approximate surface area is 130 Å². The van der Waals surface area contributed by atoms with Crippen molar-refractivity contribution in [1.29, 1.82) is 0 Å². The normalized spacial score (nSPS) is 12.6. The number of hydrogen-bond acceptors (Lipinski definition) is 4. The second kappa shape index (κ2) is 7.26. The second-order valence-corrected chi connectivity index (χ2v) is 6.12. The van der Waals surface area contributed by atoms with E-state index in [0.29, 0.717) is 13.2 Å². The number of aromatic nitrogens is 1. The third kappa shape index (κ3) is 3.85. The molecule has 3 nitrogen and oxygen atoms in total. The first-order chi connectivity index (χ1) is 9.61. The maximum Gasteiger partial charge on any atom is 0.124 e. The van der Waals surface area contributed by atoms with E-state index >= 15 is 0 Å². The first-order valence-corrected chi connectivity index (χ1v) is 7.88. The molecule has 0 aliphatic carbocycles. The Morgan fingerprint density at radius 2 is 2.30 bits per heavy atom. The Kier molecular flexibility index (Phi) is 5.65. The summed E-state index contributed by atoms with van der Waals surface area (Å²) in [5, 5.41) is 6.37. The maximum absolute atomic E-state index is 13.2. The van der Waals surface area contributed by atoms with Crippen LogP contribution < -0.4 is 5.32 Å². The van der Waals surface area contributed by atoms with Gasteiger partial charge in [-0.05, 0) is 24.6 Å². The fourth-order valence-corrected chi connectivity index (χ4v) is 3.34. The van der Waals surface area contributed by atoms with Gasteiger partial charge in [0.15, 0.2) is 0 Å². The van der Waals surface area contributed by atoms with Crippen LogP contribution in [0.4, 0.5) is 4.39 Å². The monoisotopic (exact) mass is 358 g/mol. The molecule has 1 unspecified atom stereocenters. The summed E-state index contributed by atoms with van der Waals surface area (Å²) >= 11 is 5.02. The molecule has 2 rings (SSSR count). The highest BCUT2D eigenvalue weighted by Gasteiger charge is 2.19. The Morgan fingerprint density at radius 3 is 2.90 bits per heavy atom. The van der Waals surface area contributed by atoms with Crippen molar-refractivity contribution in [3.8, 4) is 0 Å². The number of hydrogen-bond donors (Lipinski definition) is 1. The highest BCUT2D eigenvalue weighted by molar-refractivity contribution is 9.10. The van der Waals surface area contributed by atoms with E-state index in [1.807, 2.05) is 12.3 Å². The fraction of sp³-hybridized carbons (Fsp3) is 0.357. The molecule has 20 heavy (non-hydrogen) atoms. The Bertz CT molecular complexity index is 576. The molecule has 0 fully saturated rings. The van der Waals surface area contributed by atoms with Gasteiger partial charge in [0.2, 0.25) is 0 Å². The summed E-state index contributed by atoms with van der Waals surface area (Å²) in [6.07, 6.45) is 0. The minimum atomic E-state index is -0.258. The molecule has 0 aliphatic rings. The Morgan fingerprint density at radius 1 is 1.50 bits per heavy atom. The van der Waals surface area contributed by atoms with Gasteiger partial charge in [-0.15, -0.1) is 11.3 Å². The average molecular weight is 359 g/mol. The zero-order valence-corrected chi connectivity index (χ0v) is 13.7. The van der Waals surface area contributed by atoms with Gasteiger partial charge >= 0.3 is 0 Å². The number of thiazole rings is 1. The quantitative estimate of drug-likeness (QED) is 0.799. The third-order valence-corrected chi connectivity index (χ3v) is 4.53. The molecular formula is C14H16BrFN2OS. The predicted molar refractivity (Wildman–Crippen MR) is 82.7 cm³/mol. The van der Waals surface area contributed by atoms with Crippen molar-refractivity contribution in [2.45, 2.75) is 13.0 Å². The van der Waals surface area contributed by atoms with Crippen molar-refractivity contribution in [2.75, 3.05) is 20.3 Å². The molecule has 1 aromatic heterocycles. The molecule has 108 valence electrons. The molecule has 6 heteroatoms. The smallest absolute Gasteiger partial charge is 0.124 e. The van der Waals surface area contributed by atoms with Crippen LogP contribution in [0.3, 0.4) is 0 Å². The van der Waals surface area contributed by atoms with Crippen LogP contribution in [-0.4, -0.2) is 25.2 Å².